The van der Waals surface area contributed by atoms with Crippen LogP contribution in [0.3, 0.4) is 0 Å². The minimum Gasteiger partial charge on any atom is -0.496 e. The van der Waals surface area contributed by atoms with Gasteiger partial charge in [-0.15, -0.1) is 0 Å². The number of nitrogens with zero attached hydrogens (tertiary/aromatic N) is 1. The van der Waals surface area contributed by atoms with E-state index in [0.29, 0.717) is 6.42 Å². The molecule has 5 heteroatoms. The highest BCUT2D eigenvalue weighted by Crippen LogP contribution is 2.29. The van der Waals surface area contributed by atoms with Crippen molar-refractivity contribution in [3.8, 4) is 5.75 Å². The monoisotopic (exact) mass is 253 g/mol. The number of carbonyl (C=O) groups is 1. The third-order valence-corrected chi connectivity index (χ3v) is 3.32. The normalized spacial score (nSPS) is 17.2. The average Bonchev–Trinajstić information content (AvgIpc) is 2.33. The Morgan fingerprint density at radius 3 is 2.78 bits per heavy atom. The first-order valence-corrected chi connectivity index (χ1v) is 5.85. The standard InChI is InChI=1S/C13H16FNO3/c1-3-13(17)7-15(8-13)12(16)11-9(14)5-4-6-10(11)18-2/h4-6,17H,3,7-8H2,1-2H3. The van der Waals surface area contributed by atoms with Gasteiger partial charge in [-0.25, -0.2) is 4.39 Å². The van der Waals surface area contributed by atoms with Gasteiger partial charge in [-0.05, 0) is 18.6 Å². The molecule has 1 aliphatic rings. The van der Waals surface area contributed by atoms with Gasteiger partial charge < -0.3 is 14.7 Å². The summed E-state index contributed by atoms with van der Waals surface area (Å²) < 4.78 is 18.7. The maximum absolute atomic E-state index is 13.7. The molecule has 98 valence electrons. The van der Waals surface area contributed by atoms with E-state index < -0.39 is 17.3 Å². The Bertz CT molecular complexity index is 469. The smallest absolute Gasteiger partial charge is 0.260 e. The minimum absolute atomic E-state index is 0.0712. The van der Waals surface area contributed by atoms with Crippen LogP contribution in [-0.2, 0) is 0 Å². The van der Waals surface area contributed by atoms with Crippen LogP contribution < -0.4 is 4.74 Å². The lowest BCUT2D eigenvalue weighted by Gasteiger charge is -2.46. The summed E-state index contributed by atoms with van der Waals surface area (Å²) in [6.07, 6.45) is 0.575. The molecule has 1 amide bonds. The van der Waals surface area contributed by atoms with Crippen molar-refractivity contribution < 1.29 is 19.0 Å². The average molecular weight is 253 g/mol. The first-order valence-electron chi connectivity index (χ1n) is 5.85. The number of likely N-dealkylation sites (tertiary alicyclic amines) is 1. The number of hydrogen-bond donors (Lipinski definition) is 1. The van der Waals surface area contributed by atoms with Crippen LogP contribution in [0.4, 0.5) is 4.39 Å². The van der Waals surface area contributed by atoms with E-state index in [1.165, 1.54) is 24.1 Å². The van der Waals surface area contributed by atoms with Crippen molar-refractivity contribution in [1.82, 2.24) is 4.90 Å². The lowest BCUT2D eigenvalue weighted by Crippen LogP contribution is -2.63. The van der Waals surface area contributed by atoms with E-state index in [0.717, 1.165) is 0 Å². The number of β-amino-alcohol motifs (C(OH)–C–C–N with tert-alkyl or cyclic N) is 1. The van der Waals surface area contributed by atoms with Crippen LogP contribution in [0.5, 0.6) is 5.75 Å². The van der Waals surface area contributed by atoms with Gasteiger partial charge in [0.05, 0.1) is 25.8 Å². The topological polar surface area (TPSA) is 49.8 Å². The zero-order valence-corrected chi connectivity index (χ0v) is 10.4. The second-order valence-corrected chi connectivity index (χ2v) is 4.56. The van der Waals surface area contributed by atoms with Crippen LogP contribution in [-0.4, -0.2) is 41.7 Å². The molecule has 0 aromatic heterocycles. The summed E-state index contributed by atoms with van der Waals surface area (Å²) in [5.74, 6) is -0.832. The van der Waals surface area contributed by atoms with Crippen LogP contribution in [0, 0.1) is 5.82 Å². The summed E-state index contributed by atoms with van der Waals surface area (Å²) in [4.78, 5) is 13.5. The van der Waals surface area contributed by atoms with E-state index in [1.54, 1.807) is 6.07 Å². The molecule has 2 rings (SSSR count). The Morgan fingerprint density at radius 2 is 2.22 bits per heavy atom. The highest BCUT2D eigenvalue weighted by atomic mass is 19.1. The van der Waals surface area contributed by atoms with Crippen molar-refractivity contribution in [3.05, 3.63) is 29.6 Å². The van der Waals surface area contributed by atoms with Gasteiger partial charge in [0.15, 0.2) is 0 Å². The first kappa shape index (κ1) is 12.8. The number of carbonyl (C=O) groups excluding carboxylic acids is 1. The van der Waals surface area contributed by atoms with Gasteiger partial charge in [0.25, 0.3) is 5.91 Å². The Morgan fingerprint density at radius 1 is 1.56 bits per heavy atom. The fourth-order valence-corrected chi connectivity index (χ4v) is 2.07. The van der Waals surface area contributed by atoms with Gasteiger partial charge in [-0.3, -0.25) is 4.79 Å². The molecule has 1 aliphatic heterocycles. The molecule has 0 bridgehead atoms. The summed E-state index contributed by atoms with van der Waals surface area (Å²) in [5.41, 5.74) is -0.896. The number of amides is 1. The SMILES string of the molecule is CCC1(O)CN(C(=O)c2c(F)cccc2OC)C1. The third kappa shape index (κ3) is 2.06. The van der Waals surface area contributed by atoms with Crippen molar-refractivity contribution in [3.63, 3.8) is 0 Å². The fourth-order valence-electron chi connectivity index (χ4n) is 2.07. The predicted octanol–water partition coefficient (Wildman–Crippen LogP) is 1.43. The Labute approximate surface area is 105 Å². The van der Waals surface area contributed by atoms with Gasteiger partial charge >= 0.3 is 0 Å². The molecule has 4 nitrogen and oxygen atoms in total. The molecule has 0 radical (unpaired) electrons. The second kappa shape index (κ2) is 4.57. The number of halogens is 1. The van der Waals surface area contributed by atoms with Crippen LogP contribution in [0.2, 0.25) is 0 Å². The highest BCUT2D eigenvalue weighted by molar-refractivity contribution is 5.97. The molecule has 0 spiro atoms. The third-order valence-electron chi connectivity index (χ3n) is 3.32. The quantitative estimate of drug-likeness (QED) is 0.886. The molecular formula is C13H16FNO3. The van der Waals surface area contributed by atoms with E-state index >= 15 is 0 Å². The van der Waals surface area contributed by atoms with Gasteiger partial charge in [-0.1, -0.05) is 13.0 Å². The highest BCUT2D eigenvalue weighted by Gasteiger charge is 2.43. The minimum atomic E-state index is -0.825. The molecule has 18 heavy (non-hydrogen) atoms. The van der Waals surface area contributed by atoms with Crippen LogP contribution in [0.25, 0.3) is 0 Å². The Kier molecular flexibility index (Phi) is 3.26. The van der Waals surface area contributed by atoms with Crippen molar-refractivity contribution in [2.45, 2.75) is 18.9 Å². The second-order valence-electron chi connectivity index (χ2n) is 4.56. The van der Waals surface area contributed by atoms with E-state index in [4.69, 9.17) is 4.74 Å². The summed E-state index contributed by atoms with van der Waals surface area (Å²) in [6, 6.07) is 4.26. The van der Waals surface area contributed by atoms with E-state index in [1.807, 2.05) is 6.92 Å². The number of ether oxygens (including phenoxy) is 1. The predicted molar refractivity (Wildman–Crippen MR) is 64.1 cm³/mol. The van der Waals surface area contributed by atoms with Crippen LogP contribution >= 0.6 is 0 Å². The van der Waals surface area contributed by atoms with Gasteiger partial charge in [0.1, 0.15) is 17.1 Å². The Balaban J connectivity index is 2.21. The van der Waals surface area contributed by atoms with Crippen LogP contribution in [0.15, 0.2) is 18.2 Å². The van der Waals surface area contributed by atoms with E-state index in [2.05, 4.69) is 0 Å². The first-order chi connectivity index (χ1) is 8.50. The van der Waals surface area contributed by atoms with Crippen molar-refractivity contribution in [2.24, 2.45) is 0 Å². The molecule has 1 fully saturated rings. The maximum atomic E-state index is 13.7. The zero-order chi connectivity index (χ0) is 13.3. The summed E-state index contributed by atoms with van der Waals surface area (Å²) in [6.45, 7) is 2.32. The number of rotatable bonds is 3. The molecule has 0 unspecified atom stereocenters. The molecule has 1 aromatic rings. The zero-order valence-electron chi connectivity index (χ0n) is 10.4. The van der Waals surface area contributed by atoms with Crippen molar-refractivity contribution in [1.29, 1.82) is 0 Å². The van der Waals surface area contributed by atoms with E-state index in [9.17, 15) is 14.3 Å². The van der Waals surface area contributed by atoms with Gasteiger partial charge in [-0.2, -0.15) is 0 Å². The lowest BCUT2D eigenvalue weighted by atomic mass is 9.90. The molecule has 1 heterocycles. The van der Waals surface area contributed by atoms with Gasteiger partial charge in [0, 0.05) is 0 Å². The largest absolute Gasteiger partial charge is 0.496 e. The summed E-state index contributed by atoms with van der Waals surface area (Å²) in [7, 11) is 1.39. The number of benzene rings is 1. The molecular weight excluding hydrogens is 237 g/mol. The fraction of sp³-hybridized carbons (Fsp3) is 0.462. The molecule has 1 aromatic carbocycles. The summed E-state index contributed by atoms with van der Waals surface area (Å²) >= 11 is 0. The molecule has 0 aliphatic carbocycles. The molecule has 1 saturated heterocycles. The van der Waals surface area contributed by atoms with Gasteiger partial charge in [0.2, 0.25) is 0 Å². The number of hydrogen-bond acceptors (Lipinski definition) is 3. The van der Waals surface area contributed by atoms with Crippen LogP contribution in [0.1, 0.15) is 23.7 Å². The van der Waals surface area contributed by atoms with E-state index in [-0.39, 0.29) is 24.4 Å². The van der Waals surface area contributed by atoms with Crippen molar-refractivity contribution >= 4 is 5.91 Å². The lowest BCUT2D eigenvalue weighted by molar-refractivity contribution is -0.0828. The number of methoxy groups -OCH3 is 1. The Hall–Kier alpha value is -1.62. The number of aliphatic hydroxyl groups is 1. The maximum Gasteiger partial charge on any atom is 0.260 e. The molecule has 0 atom stereocenters. The van der Waals surface area contributed by atoms with Crippen molar-refractivity contribution in [2.75, 3.05) is 20.2 Å². The molecule has 0 saturated carbocycles. The molecule has 1 N–H and O–H groups in total. The summed E-state index contributed by atoms with van der Waals surface area (Å²) in [5, 5.41) is 9.86.